The Hall–Kier alpha value is -2.37. The van der Waals surface area contributed by atoms with Gasteiger partial charge in [-0.1, -0.05) is 23.7 Å². The van der Waals surface area contributed by atoms with Crippen molar-refractivity contribution >= 4 is 29.1 Å². The molecule has 0 N–H and O–H groups in total. The van der Waals surface area contributed by atoms with Gasteiger partial charge in [0, 0.05) is 27.5 Å². The van der Waals surface area contributed by atoms with Crippen LogP contribution in [0.2, 0.25) is 5.02 Å². The smallest absolute Gasteiger partial charge is 0.213 e. The summed E-state index contributed by atoms with van der Waals surface area (Å²) < 4.78 is 12.2. The van der Waals surface area contributed by atoms with Crippen LogP contribution in [0.4, 0.5) is 0 Å². The average Bonchev–Trinajstić information content (AvgIpc) is 3.34. The lowest BCUT2D eigenvalue weighted by Crippen LogP contribution is -2.33. The number of benzene rings is 2. The summed E-state index contributed by atoms with van der Waals surface area (Å²) in [6, 6.07) is 18.3. The summed E-state index contributed by atoms with van der Waals surface area (Å²) in [5.74, 6) is 2.55. The lowest BCUT2D eigenvalue weighted by atomic mass is 9.97. The minimum absolute atomic E-state index is 0.0630. The maximum Gasteiger partial charge on any atom is 0.213 e. The summed E-state index contributed by atoms with van der Waals surface area (Å²) in [5, 5.41) is 7.65. The van der Waals surface area contributed by atoms with E-state index < -0.39 is 0 Å². The zero-order chi connectivity index (χ0) is 19.3. The second-order valence-corrected chi connectivity index (χ2v) is 8.30. The normalized spacial score (nSPS) is 20.4. The van der Waals surface area contributed by atoms with E-state index in [0.29, 0.717) is 5.02 Å². The molecule has 3 heterocycles. The maximum atomic E-state index is 6.37. The van der Waals surface area contributed by atoms with Crippen LogP contribution in [-0.2, 0) is 0 Å². The van der Waals surface area contributed by atoms with Gasteiger partial charge in [-0.05, 0) is 55.6 Å². The van der Waals surface area contributed by atoms with Gasteiger partial charge in [0.25, 0.3) is 0 Å². The summed E-state index contributed by atoms with van der Waals surface area (Å²) in [7, 11) is 0. The first-order chi connectivity index (χ1) is 13.6. The molecule has 142 valence electrons. The van der Waals surface area contributed by atoms with E-state index in [1.165, 1.54) is 4.90 Å². The van der Waals surface area contributed by atoms with Crippen LogP contribution >= 0.6 is 23.4 Å². The van der Waals surface area contributed by atoms with E-state index in [-0.39, 0.29) is 12.3 Å². The van der Waals surface area contributed by atoms with E-state index in [1.807, 2.05) is 42.3 Å². The van der Waals surface area contributed by atoms with Gasteiger partial charge in [0.2, 0.25) is 6.23 Å². The molecule has 4 nitrogen and oxygen atoms in total. The molecule has 5 rings (SSSR count). The maximum absolute atomic E-state index is 6.37. The van der Waals surface area contributed by atoms with Crippen LogP contribution in [0.25, 0.3) is 0 Å². The number of thioether (sulfide) groups is 1. The molecular weight excluding hydrogens is 392 g/mol. The number of hydrogen-bond donors (Lipinski definition) is 0. The average molecular weight is 411 g/mol. The minimum Gasteiger partial charge on any atom is -0.464 e. The molecule has 0 unspecified atom stereocenters. The summed E-state index contributed by atoms with van der Waals surface area (Å²) in [6.07, 6.45) is 2.54. The number of hydrogen-bond acceptors (Lipinski definition) is 5. The summed E-state index contributed by atoms with van der Waals surface area (Å²) in [6.45, 7) is 1.95. The van der Waals surface area contributed by atoms with Crippen molar-refractivity contribution < 1.29 is 9.15 Å². The third-order valence-corrected chi connectivity index (χ3v) is 6.16. The van der Waals surface area contributed by atoms with Crippen LogP contribution in [0, 0.1) is 6.92 Å². The Kier molecular flexibility index (Phi) is 4.37. The van der Waals surface area contributed by atoms with Gasteiger partial charge in [0.05, 0.1) is 6.04 Å². The molecule has 2 aromatic carbocycles. The molecule has 6 heteroatoms. The predicted molar refractivity (Wildman–Crippen MR) is 112 cm³/mol. The summed E-state index contributed by atoms with van der Waals surface area (Å²) in [5.41, 5.74) is 3.07. The Labute approximate surface area is 173 Å². The quantitative estimate of drug-likeness (QED) is 0.481. The van der Waals surface area contributed by atoms with Gasteiger partial charge >= 0.3 is 0 Å². The number of ether oxygens (including phenoxy) is 1. The van der Waals surface area contributed by atoms with Crippen molar-refractivity contribution in [3.8, 4) is 5.75 Å². The van der Waals surface area contributed by atoms with Crippen LogP contribution in [0.5, 0.6) is 5.75 Å². The molecule has 0 radical (unpaired) electrons. The molecule has 0 bridgehead atoms. The fourth-order valence-corrected chi connectivity index (χ4v) is 4.37. The molecule has 0 saturated heterocycles. The fraction of sp³-hybridized carbons (Fsp3) is 0.227. The Morgan fingerprint density at radius 2 is 1.93 bits per heavy atom. The zero-order valence-electron chi connectivity index (χ0n) is 15.6. The van der Waals surface area contributed by atoms with Crippen molar-refractivity contribution in [3.63, 3.8) is 0 Å². The van der Waals surface area contributed by atoms with Crippen molar-refractivity contribution in [1.82, 2.24) is 5.01 Å². The van der Waals surface area contributed by atoms with E-state index in [1.54, 1.807) is 11.8 Å². The number of furan rings is 1. The largest absolute Gasteiger partial charge is 0.464 e. The predicted octanol–water partition coefficient (Wildman–Crippen LogP) is 6.21. The standard InChI is InChI=1S/C22H19ClN2O2S/c1-13-3-9-21(26-13)18-12-19-17-11-15(23)6-10-20(17)27-22(25(19)24-18)14-4-7-16(28-2)8-5-14/h3-11,19,22H,12H2,1-2H3/t19-,22-/m1/s1. The van der Waals surface area contributed by atoms with E-state index in [2.05, 4.69) is 30.5 Å². The zero-order valence-corrected chi connectivity index (χ0v) is 17.1. The van der Waals surface area contributed by atoms with Gasteiger partial charge in [0.1, 0.15) is 23.0 Å². The minimum atomic E-state index is -0.289. The monoisotopic (exact) mass is 410 g/mol. The number of rotatable bonds is 3. The van der Waals surface area contributed by atoms with Crippen molar-refractivity contribution in [2.45, 2.75) is 30.5 Å². The number of aryl methyl sites for hydroxylation is 1. The molecule has 0 aliphatic carbocycles. The van der Waals surface area contributed by atoms with Crippen LogP contribution in [0.3, 0.4) is 0 Å². The van der Waals surface area contributed by atoms with Crippen LogP contribution in [0.15, 0.2) is 69.0 Å². The van der Waals surface area contributed by atoms with Crippen molar-refractivity contribution in [2.75, 3.05) is 6.26 Å². The Bertz CT molecular complexity index is 1060. The Balaban J connectivity index is 1.58. The molecule has 2 aliphatic rings. The van der Waals surface area contributed by atoms with E-state index in [4.69, 9.17) is 25.9 Å². The van der Waals surface area contributed by atoms with E-state index >= 15 is 0 Å². The number of fused-ring (bicyclic) bond motifs is 3. The van der Waals surface area contributed by atoms with Gasteiger partial charge in [-0.15, -0.1) is 11.8 Å². The topological polar surface area (TPSA) is 38.0 Å². The first kappa shape index (κ1) is 17.7. The van der Waals surface area contributed by atoms with Gasteiger partial charge < -0.3 is 9.15 Å². The molecule has 2 atom stereocenters. The number of nitrogens with zero attached hydrogens (tertiary/aromatic N) is 2. The molecule has 1 aromatic heterocycles. The van der Waals surface area contributed by atoms with Crippen LogP contribution in [-0.4, -0.2) is 17.0 Å². The summed E-state index contributed by atoms with van der Waals surface area (Å²) in [4.78, 5) is 1.22. The van der Waals surface area contributed by atoms with E-state index in [0.717, 1.165) is 40.5 Å². The molecule has 0 fully saturated rings. The third-order valence-electron chi connectivity index (χ3n) is 5.18. The number of hydrazone groups is 1. The molecule has 3 aromatic rings. The SMILES string of the molecule is CSc1ccc([C@H]2Oc3ccc(Cl)cc3[C@H]3CC(c4ccc(C)o4)=NN32)cc1. The first-order valence-electron chi connectivity index (χ1n) is 9.15. The molecule has 0 amide bonds. The molecule has 2 aliphatic heterocycles. The second kappa shape index (κ2) is 6.90. The number of halogens is 1. The molecular formula is C22H19ClN2O2S. The highest BCUT2D eigenvalue weighted by Gasteiger charge is 2.41. The van der Waals surface area contributed by atoms with Crippen molar-refractivity contribution in [1.29, 1.82) is 0 Å². The summed E-state index contributed by atoms with van der Waals surface area (Å²) >= 11 is 8.00. The molecule has 0 saturated carbocycles. The Morgan fingerprint density at radius 1 is 1.11 bits per heavy atom. The van der Waals surface area contributed by atoms with Gasteiger partial charge in [-0.2, -0.15) is 5.10 Å². The lowest BCUT2D eigenvalue weighted by molar-refractivity contribution is -0.0190. The first-order valence-corrected chi connectivity index (χ1v) is 10.8. The van der Waals surface area contributed by atoms with Crippen molar-refractivity contribution in [2.24, 2.45) is 5.10 Å². The highest BCUT2D eigenvalue weighted by Crippen LogP contribution is 2.48. The molecule has 0 spiro atoms. The lowest BCUT2D eigenvalue weighted by Gasteiger charge is -2.38. The van der Waals surface area contributed by atoms with Gasteiger partial charge in [0.15, 0.2) is 0 Å². The van der Waals surface area contributed by atoms with Crippen LogP contribution in [0.1, 0.15) is 41.3 Å². The van der Waals surface area contributed by atoms with Gasteiger partial charge in [-0.3, -0.25) is 0 Å². The fourth-order valence-electron chi connectivity index (χ4n) is 3.79. The van der Waals surface area contributed by atoms with Crippen LogP contribution < -0.4 is 4.74 Å². The van der Waals surface area contributed by atoms with E-state index in [9.17, 15) is 0 Å². The van der Waals surface area contributed by atoms with Gasteiger partial charge in [-0.25, -0.2) is 5.01 Å². The third kappa shape index (κ3) is 2.99. The van der Waals surface area contributed by atoms with Crippen molar-refractivity contribution in [3.05, 3.63) is 82.3 Å². The highest BCUT2D eigenvalue weighted by molar-refractivity contribution is 7.98. The second-order valence-electron chi connectivity index (χ2n) is 6.98. The highest BCUT2D eigenvalue weighted by atomic mass is 35.5. The Morgan fingerprint density at radius 3 is 2.64 bits per heavy atom. The molecule has 28 heavy (non-hydrogen) atoms.